The minimum Gasteiger partial charge on any atom is -0.518 e. The third-order valence-corrected chi connectivity index (χ3v) is 21.3. The van der Waals surface area contributed by atoms with Crippen LogP contribution in [-0.2, 0) is 101 Å². The molecule has 0 fully saturated rings. The second kappa shape index (κ2) is 56.5. The quantitative estimate of drug-likeness (QED) is 0.0554. The van der Waals surface area contributed by atoms with Gasteiger partial charge in [-0.05, 0) is 131 Å². The fraction of sp³-hybridized carbons (Fsp3) is 0.202. The molecule has 18 rings (SSSR count). The van der Waals surface area contributed by atoms with Gasteiger partial charge in [0.05, 0.1) is 84.0 Å². The Labute approximate surface area is 817 Å². The molecule has 0 aliphatic carbocycles. The molecule has 11 aromatic carbocycles. The molecular formula is C104H102Ir4N7O8S4-7. The van der Waals surface area contributed by atoms with Crippen LogP contribution in [0.2, 0.25) is 0 Å². The Hall–Kier alpha value is -9.83. The first-order chi connectivity index (χ1) is 59.2. The van der Waals surface area contributed by atoms with Gasteiger partial charge in [0.2, 0.25) is 0 Å². The van der Waals surface area contributed by atoms with E-state index in [1.807, 2.05) is 188 Å². The molecule has 5 aromatic heterocycles. The van der Waals surface area contributed by atoms with Crippen molar-refractivity contribution in [3.8, 4) is 53.5 Å². The number of pyridine rings is 1. The van der Waals surface area contributed by atoms with Gasteiger partial charge >= 0.3 is 0 Å². The van der Waals surface area contributed by atoms with E-state index in [1.54, 1.807) is 72.3 Å². The monoisotopic (exact) mass is 2480 g/mol. The van der Waals surface area contributed by atoms with Crippen LogP contribution in [0.15, 0.2) is 325 Å². The molecule has 23 heteroatoms. The summed E-state index contributed by atoms with van der Waals surface area (Å²) in [6, 6.07) is 113. The maximum absolute atomic E-state index is 8.49. The molecule has 2 aliphatic heterocycles. The number of aliphatic hydroxyl groups excluding tert-OH is 6. The van der Waals surface area contributed by atoms with Gasteiger partial charge in [0, 0.05) is 125 Å². The Bertz CT molecular complexity index is 5440. The average molecular weight is 2480 g/mol. The van der Waals surface area contributed by atoms with Crippen molar-refractivity contribution >= 4 is 98.0 Å². The van der Waals surface area contributed by atoms with Gasteiger partial charge in [0.25, 0.3) is 0 Å². The summed E-state index contributed by atoms with van der Waals surface area (Å²) in [5.74, 6) is 1.94. The number of fused-ring (bicyclic) bond motifs is 4. The molecule has 7 heterocycles. The number of hydrogen-bond acceptors (Lipinski definition) is 19. The van der Waals surface area contributed by atoms with Crippen molar-refractivity contribution in [2.45, 2.75) is 112 Å². The first-order valence-electron chi connectivity index (χ1n) is 40.0. The number of aliphatic hydroxyl groups is 6. The van der Waals surface area contributed by atoms with Crippen LogP contribution in [0.3, 0.4) is 0 Å². The molecule has 6 N–H and O–H groups in total. The third-order valence-electron chi connectivity index (χ3n) is 17.0. The predicted octanol–water partition coefficient (Wildman–Crippen LogP) is 25.2. The zero-order chi connectivity index (χ0) is 87.9. The number of allylic oxidation sites excluding steroid dienone is 3. The van der Waals surface area contributed by atoms with Crippen molar-refractivity contribution in [2.75, 3.05) is 26.3 Å². The SMILES string of the molecule is CC(C)(C)c1c[c-]c(-c2nc3ccccc3s2)cc1.CC(C)(C)c1c[c-]c(-c2nc3ccccc3s2)cc1.CC(O)=CC(C)O.CC(O)=CC(C)O.CC(O)=CC(C)O.[Ir].[Ir].[Ir].[Ir].[c-]1ccccc1-c1ccccn1.[c-]1ccccc1-c1nc2ccccc2s1.[c-]1ccccc1-c1nc2ccccc2s1.[c-]1ccccc1C1=NCCO1.[c-]1ccccc1C1=NCCO1. The number of para-hydroxylation sites is 4. The van der Waals surface area contributed by atoms with Gasteiger partial charge in [-0.15, -0.1) is 239 Å². The van der Waals surface area contributed by atoms with E-state index in [2.05, 4.69) is 204 Å². The number of thiazole rings is 4. The fourth-order valence-electron chi connectivity index (χ4n) is 11.2. The molecule has 3 unspecified atom stereocenters. The summed E-state index contributed by atoms with van der Waals surface area (Å²) < 4.78 is 15.4. The standard InChI is InChI=1S/2C17H16NS.2C13H8NS.C11H8N.2C9H8NO.3C5H10O2.4Ir/c2*1-17(2,3)13-10-8-12(9-11-13)16-18-14-6-4-5-7-15(14)19-16;2*1-2-6-10(7-3-1)13-14-11-8-4-5-9-12(11)15-13;1-2-6-10(7-3-1)11-8-4-5-9-12-11;2*1-2-4-8(5-3-1)9-10-6-7-11-9;3*1-4(6)3-5(2)7;;;;/h2*4-8,10-11H,1-3H3;2*1-6,8-9H;1-6,8-9H;2*1-4H,6-7H2;3*3-4,6-7H,1-2H3;;;;/q7*-1;;;;;;;. The Morgan fingerprint density at radius 2 is 0.606 bits per heavy atom. The Morgan fingerprint density at radius 3 is 0.819 bits per heavy atom. The Kier molecular flexibility index (Phi) is 47.9. The average Bonchev–Trinajstić information content (AvgIpc) is 1.70. The molecule has 15 nitrogen and oxygen atoms in total. The number of ether oxygens (including phenoxy) is 2. The summed E-state index contributed by atoms with van der Waals surface area (Å²) in [6.07, 6.45) is 4.26. The topological polar surface area (TPSA) is 229 Å². The van der Waals surface area contributed by atoms with Crippen LogP contribution in [0, 0.1) is 42.5 Å². The van der Waals surface area contributed by atoms with Crippen LogP contribution >= 0.6 is 45.3 Å². The summed E-state index contributed by atoms with van der Waals surface area (Å²) in [7, 11) is 0. The van der Waals surface area contributed by atoms with Gasteiger partial charge in [0.1, 0.15) is 11.8 Å². The van der Waals surface area contributed by atoms with Crippen LogP contribution in [0.25, 0.3) is 94.4 Å². The summed E-state index contributed by atoms with van der Waals surface area (Å²) in [5.41, 5.74) is 15.4. The number of nitrogens with zero attached hydrogens (tertiary/aromatic N) is 7. The smallest absolute Gasteiger partial charge is 0.130 e. The first kappa shape index (κ1) is 108. The number of hydrogen-bond donors (Lipinski definition) is 6. The van der Waals surface area contributed by atoms with Gasteiger partial charge in [-0.1, -0.05) is 113 Å². The second-order valence-corrected chi connectivity index (χ2v) is 33.9. The second-order valence-electron chi connectivity index (χ2n) is 29.7. The van der Waals surface area contributed by atoms with Crippen LogP contribution in [0.5, 0.6) is 0 Å². The first-order valence-corrected chi connectivity index (χ1v) is 43.2. The molecule has 0 amide bonds. The Balaban J connectivity index is 0.000000254. The summed E-state index contributed by atoms with van der Waals surface area (Å²) in [4.78, 5) is 31.0. The molecule has 0 spiro atoms. The van der Waals surface area contributed by atoms with Crippen LogP contribution in [-0.4, -0.2) is 112 Å². The van der Waals surface area contributed by atoms with Crippen molar-refractivity contribution in [1.29, 1.82) is 0 Å². The van der Waals surface area contributed by atoms with E-state index in [1.165, 1.54) is 68.9 Å². The number of benzene rings is 11. The molecule has 16 aromatic rings. The van der Waals surface area contributed by atoms with E-state index in [0.717, 1.165) is 112 Å². The normalized spacial score (nSPS) is 12.5. The molecule has 4 radical (unpaired) electrons. The van der Waals surface area contributed by atoms with Crippen molar-refractivity contribution in [3.05, 3.63) is 379 Å². The van der Waals surface area contributed by atoms with Gasteiger partial charge in [-0.2, -0.15) is 45.3 Å². The molecule has 2 aliphatic rings. The van der Waals surface area contributed by atoms with Crippen molar-refractivity contribution < 1.29 is 121 Å². The zero-order valence-corrected chi connectivity index (χ0v) is 85.3. The molecular weight excluding hydrogens is 2370 g/mol. The molecule has 3 atom stereocenters. The summed E-state index contributed by atoms with van der Waals surface area (Å²) in [6.45, 7) is 25.6. The molecule has 0 saturated carbocycles. The fourth-order valence-corrected chi connectivity index (χ4v) is 15.0. The number of aliphatic imine (C=N–C) groups is 2. The molecule has 127 heavy (non-hydrogen) atoms. The van der Waals surface area contributed by atoms with Crippen molar-refractivity contribution in [1.82, 2.24) is 24.9 Å². The Morgan fingerprint density at radius 1 is 0.339 bits per heavy atom. The summed E-state index contributed by atoms with van der Waals surface area (Å²) >= 11 is 6.86. The van der Waals surface area contributed by atoms with Crippen molar-refractivity contribution in [3.63, 3.8) is 0 Å². The van der Waals surface area contributed by atoms with E-state index >= 15 is 0 Å². The summed E-state index contributed by atoms with van der Waals surface area (Å²) in [5, 5.41) is 54.9. The molecule has 0 bridgehead atoms. The van der Waals surface area contributed by atoms with E-state index in [4.69, 9.17) is 40.1 Å². The van der Waals surface area contributed by atoms with E-state index < -0.39 is 18.3 Å². The maximum atomic E-state index is 8.49. The van der Waals surface area contributed by atoms with Crippen LogP contribution in [0.4, 0.5) is 0 Å². The van der Waals surface area contributed by atoms with E-state index in [9.17, 15) is 0 Å². The van der Waals surface area contributed by atoms with Gasteiger partial charge in [-0.3, -0.25) is 29.9 Å². The minimum absolute atomic E-state index is 0. The van der Waals surface area contributed by atoms with Crippen molar-refractivity contribution in [2.24, 2.45) is 9.98 Å². The zero-order valence-electron chi connectivity index (χ0n) is 72.4. The molecule has 668 valence electrons. The largest absolute Gasteiger partial charge is 0.518 e. The van der Waals surface area contributed by atoms with Gasteiger partial charge in [-0.25, -0.2) is 0 Å². The van der Waals surface area contributed by atoms with Gasteiger partial charge in [0.15, 0.2) is 0 Å². The van der Waals surface area contributed by atoms with E-state index in [-0.39, 0.29) is 109 Å². The third kappa shape index (κ3) is 37.8. The maximum Gasteiger partial charge on any atom is 0.130 e. The predicted molar refractivity (Wildman–Crippen MR) is 511 cm³/mol. The van der Waals surface area contributed by atoms with Gasteiger partial charge < -0.3 is 45.1 Å². The minimum atomic E-state index is -0.537. The number of aromatic nitrogens is 5. The molecule has 0 saturated heterocycles. The van der Waals surface area contributed by atoms with E-state index in [0.29, 0.717) is 13.2 Å². The number of rotatable bonds is 10. The van der Waals surface area contributed by atoms with Crippen LogP contribution < -0.4 is 0 Å². The van der Waals surface area contributed by atoms with Crippen LogP contribution in [0.1, 0.15) is 105 Å².